The lowest BCUT2D eigenvalue weighted by molar-refractivity contribution is 0.352. The molecule has 0 aliphatic heterocycles. The first-order valence-electron chi connectivity index (χ1n) is 6.48. The summed E-state index contributed by atoms with van der Waals surface area (Å²) in [6.45, 7) is 6.76. The largest absolute Gasteiger partial charge is 0.327 e. The van der Waals surface area contributed by atoms with Crippen molar-refractivity contribution >= 4 is 23.2 Å². The van der Waals surface area contributed by atoms with Crippen molar-refractivity contribution in [2.75, 3.05) is 0 Å². The summed E-state index contributed by atoms with van der Waals surface area (Å²) in [7, 11) is 0. The molecule has 0 aromatic heterocycles. The van der Waals surface area contributed by atoms with Gasteiger partial charge >= 0.3 is 0 Å². The average Bonchev–Trinajstić information content (AvgIpc) is 2.22. The van der Waals surface area contributed by atoms with Crippen LogP contribution in [0.15, 0.2) is 18.2 Å². The molecule has 1 atom stereocenters. The third-order valence-corrected chi connectivity index (χ3v) is 3.74. The molecule has 0 radical (unpaired) electrons. The second kappa shape index (κ2) is 6.79. The van der Waals surface area contributed by atoms with E-state index in [4.69, 9.17) is 28.9 Å². The Labute approximate surface area is 121 Å². The molecule has 2 N–H and O–H groups in total. The highest BCUT2D eigenvalue weighted by atomic mass is 35.5. The van der Waals surface area contributed by atoms with Gasteiger partial charge in [0.25, 0.3) is 0 Å². The summed E-state index contributed by atoms with van der Waals surface area (Å²) in [6.07, 6.45) is 4.10. The van der Waals surface area contributed by atoms with Crippen LogP contribution in [0.2, 0.25) is 10.0 Å². The molecule has 0 aliphatic rings. The molecule has 1 aromatic rings. The van der Waals surface area contributed by atoms with E-state index in [-0.39, 0.29) is 6.04 Å². The molecular formula is C15H23Cl2N. The van der Waals surface area contributed by atoms with Gasteiger partial charge in [-0.1, -0.05) is 56.5 Å². The molecular weight excluding hydrogens is 265 g/mol. The Balaban J connectivity index is 2.47. The van der Waals surface area contributed by atoms with E-state index in [9.17, 15) is 0 Å². The first kappa shape index (κ1) is 15.8. The second-order valence-corrected chi connectivity index (χ2v) is 6.93. The van der Waals surface area contributed by atoms with E-state index in [0.29, 0.717) is 15.5 Å². The predicted octanol–water partition coefficient (Wildman–Crippen LogP) is 5.08. The molecule has 102 valence electrons. The summed E-state index contributed by atoms with van der Waals surface area (Å²) in [5.74, 6) is 0. The van der Waals surface area contributed by atoms with Crippen molar-refractivity contribution in [2.45, 2.75) is 52.5 Å². The van der Waals surface area contributed by atoms with Crippen LogP contribution >= 0.6 is 23.2 Å². The summed E-state index contributed by atoms with van der Waals surface area (Å²) >= 11 is 12.3. The smallest absolute Gasteiger partial charge is 0.0453 e. The predicted molar refractivity (Wildman–Crippen MR) is 81.4 cm³/mol. The van der Waals surface area contributed by atoms with E-state index in [1.54, 1.807) is 0 Å². The van der Waals surface area contributed by atoms with Crippen LogP contribution in [-0.2, 0) is 6.42 Å². The fourth-order valence-electron chi connectivity index (χ4n) is 1.99. The topological polar surface area (TPSA) is 26.0 Å². The van der Waals surface area contributed by atoms with E-state index < -0.39 is 0 Å². The summed E-state index contributed by atoms with van der Waals surface area (Å²) < 4.78 is 0. The summed E-state index contributed by atoms with van der Waals surface area (Å²) in [5.41, 5.74) is 7.51. The number of halogens is 2. The molecule has 0 aliphatic carbocycles. The lowest BCUT2D eigenvalue weighted by atomic mass is 9.88. The molecule has 0 heterocycles. The highest BCUT2D eigenvalue weighted by molar-refractivity contribution is 6.35. The van der Waals surface area contributed by atoms with Gasteiger partial charge in [-0.15, -0.1) is 0 Å². The van der Waals surface area contributed by atoms with Crippen LogP contribution in [0.1, 0.15) is 45.6 Å². The van der Waals surface area contributed by atoms with Gasteiger partial charge in [-0.3, -0.25) is 0 Å². The van der Waals surface area contributed by atoms with Crippen molar-refractivity contribution < 1.29 is 0 Å². The Morgan fingerprint density at radius 3 is 2.22 bits per heavy atom. The Kier molecular flexibility index (Phi) is 5.97. The minimum absolute atomic E-state index is 0.129. The van der Waals surface area contributed by atoms with Gasteiger partial charge in [0.15, 0.2) is 0 Å². The number of rotatable bonds is 5. The van der Waals surface area contributed by atoms with Gasteiger partial charge < -0.3 is 5.73 Å². The molecule has 0 saturated carbocycles. The third kappa shape index (κ3) is 5.60. The zero-order chi connectivity index (χ0) is 13.8. The van der Waals surface area contributed by atoms with Gasteiger partial charge in [0, 0.05) is 16.1 Å². The van der Waals surface area contributed by atoms with E-state index in [0.717, 1.165) is 24.8 Å². The third-order valence-electron chi connectivity index (χ3n) is 3.03. The van der Waals surface area contributed by atoms with Gasteiger partial charge in [0.05, 0.1) is 0 Å². The SMILES string of the molecule is CC(C)(C)CCCC(N)Cc1c(Cl)cccc1Cl. The molecule has 0 saturated heterocycles. The summed E-state index contributed by atoms with van der Waals surface area (Å²) in [5, 5.41) is 1.43. The maximum absolute atomic E-state index is 6.16. The number of hydrogen-bond donors (Lipinski definition) is 1. The van der Waals surface area contributed by atoms with E-state index in [1.165, 1.54) is 6.42 Å². The van der Waals surface area contributed by atoms with Crippen molar-refractivity contribution in [3.05, 3.63) is 33.8 Å². The Hall–Kier alpha value is -0.240. The van der Waals surface area contributed by atoms with Crippen LogP contribution in [-0.4, -0.2) is 6.04 Å². The quantitative estimate of drug-likeness (QED) is 0.803. The van der Waals surface area contributed by atoms with Crippen molar-refractivity contribution in [3.8, 4) is 0 Å². The Bertz CT molecular complexity index is 362. The zero-order valence-corrected chi connectivity index (χ0v) is 13.0. The highest BCUT2D eigenvalue weighted by Gasteiger charge is 2.13. The molecule has 18 heavy (non-hydrogen) atoms. The normalized spacial score (nSPS) is 13.7. The highest BCUT2D eigenvalue weighted by Crippen LogP contribution is 2.27. The van der Waals surface area contributed by atoms with Gasteiger partial charge in [-0.05, 0) is 42.4 Å². The first-order chi connectivity index (χ1) is 8.29. The second-order valence-electron chi connectivity index (χ2n) is 6.12. The zero-order valence-electron chi connectivity index (χ0n) is 11.5. The van der Waals surface area contributed by atoms with Crippen LogP contribution in [0, 0.1) is 5.41 Å². The van der Waals surface area contributed by atoms with Gasteiger partial charge in [-0.2, -0.15) is 0 Å². The molecule has 0 fully saturated rings. The molecule has 0 spiro atoms. The van der Waals surface area contributed by atoms with E-state index >= 15 is 0 Å². The maximum atomic E-state index is 6.16. The number of nitrogens with two attached hydrogens (primary N) is 1. The molecule has 1 nitrogen and oxygen atoms in total. The van der Waals surface area contributed by atoms with Crippen LogP contribution in [0.4, 0.5) is 0 Å². The molecule has 0 amide bonds. The number of hydrogen-bond acceptors (Lipinski definition) is 1. The first-order valence-corrected chi connectivity index (χ1v) is 7.23. The lowest BCUT2D eigenvalue weighted by Gasteiger charge is -2.19. The molecule has 1 unspecified atom stereocenters. The Morgan fingerprint density at radius 2 is 1.72 bits per heavy atom. The average molecular weight is 288 g/mol. The van der Waals surface area contributed by atoms with Crippen LogP contribution in [0.3, 0.4) is 0 Å². The van der Waals surface area contributed by atoms with Gasteiger partial charge in [0.1, 0.15) is 0 Å². The maximum Gasteiger partial charge on any atom is 0.0453 e. The number of benzene rings is 1. The van der Waals surface area contributed by atoms with Crippen LogP contribution in [0.5, 0.6) is 0 Å². The van der Waals surface area contributed by atoms with E-state index in [2.05, 4.69) is 20.8 Å². The van der Waals surface area contributed by atoms with Crippen LogP contribution < -0.4 is 5.73 Å². The van der Waals surface area contributed by atoms with Crippen molar-refractivity contribution in [1.29, 1.82) is 0 Å². The van der Waals surface area contributed by atoms with Gasteiger partial charge in [0.2, 0.25) is 0 Å². The standard InChI is InChI=1S/C15H23Cl2N/c1-15(2,3)9-5-6-11(18)10-12-13(16)7-4-8-14(12)17/h4,7-8,11H,5-6,9-10,18H2,1-3H3. The van der Waals surface area contributed by atoms with E-state index in [1.807, 2.05) is 18.2 Å². The van der Waals surface area contributed by atoms with Crippen LogP contribution in [0.25, 0.3) is 0 Å². The van der Waals surface area contributed by atoms with Crippen molar-refractivity contribution in [1.82, 2.24) is 0 Å². The summed E-state index contributed by atoms with van der Waals surface area (Å²) in [4.78, 5) is 0. The van der Waals surface area contributed by atoms with Crippen molar-refractivity contribution in [2.24, 2.45) is 11.1 Å². The Morgan fingerprint density at radius 1 is 1.17 bits per heavy atom. The molecule has 1 rings (SSSR count). The fourth-order valence-corrected chi connectivity index (χ4v) is 2.54. The molecule has 1 aromatic carbocycles. The molecule has 0 bridgehead atoms. The minimum atomic E-state index is 0.129. The molecule has 3 heteroatoms. The lowest BCUT2D eigenvalue weighted by Crippen LogP contribution is -2.23. The minimum Gasteiger partial charge on any atom is -0.327 e. The fraction of sp³-hybridized carbons (Fsp3) is 0.600. The van der Waals surface area contributed by atoms with Crippen molar-refractivity contribution in [3.63, 3.8) is 0 Å². The monoisotopic (exact) mass is 287 g/mol. The van der Waals surface area contributed by atoms with Gasteiger partial charge in [-0.25, -0.2) is 0 Å². The summed E-state index contributed by atoms with van der Waals surface area (Å²) in [6, 6.07) is 5.72.